The van der Waals surface area contributed by atoms with Crippen LogP contribution < -0.4 is 5.32 Å². The summed E-state index contributed by atoms with van der Waals surface area (Å²) in [6.07, 6.45) is -0.640. The Labute approximate surface area is 83.8 Å². The van der Waals surface area contributed by atoms with Crippen LogP contribution in [0.3, 0.4) is 0 Å². The number of hydrogen-bond acceptors (Lipinski definition) is 4. The average molecular weight is 203 g/mol. The van der Waals surface area contributed by atoms with E-state index in [9.17, 15) is 9.59 Å². The van der Waals surface area contributed by atoms with Crippen molar-refractivity contribution in [2.45, 2.75) is 26.8 Å². The molecule has 5 nitrogen and oxygen atoms in total. The standard InChI is InChI=1S/C9H17NO4/c1-6(2)5-14-8(11)7(3)10-9(12)13-4/h6-7H,5H2,1-4H3,(H,10,12)/t7-/m0/s1. The van der Waals surface area contributed by atoms with Gasteiger partial charge in [0.05, 0.1) is 13.7 Å². The zero-order valence-corrected chi connectivity index (χ0v) is 8.99. The van der Waals surface area contributed by atoms with Crippen LogP contribution in [0.1, 0.15) is 20.8 Å². The minimum absolute atomic E-state index is 0.282. The molecule has 0 aliphatic carbocycles. The van der Waals surface area contributed by atoms with Crippen LogP contribution in [-0.4, -0.2) is 31.8 Å². The first-order valence-electron chi connectivity index (χ1n) is 4.48. The Bertz CT molecular complexity index is 203. The molecule has 0 fully saturated rings. The maximum atomic E-state index is 11.2. The molecule has 1 N–H and O–H groups in total. The summed E-state index contributed by atoms with van der Waals surface area (Å²) in [4.78, 5) is 21.9. The van der Waals surface area contributed by atoms with E-state index in [0.29, 0.717) is 6.61 Å². The number of nitrogens with one attached hydrogen (secondary N) is 1. The molecule has 0 aromatic carbocycles. The molecule has 0 aliphatic heterocycles. The highest BCUT2D eigenvalue weighted by molar-refractivity contribution is 5.80. The van der Waals surface area contributed by atoms with Gasteiger partial charge in [-0.15, -0.1) is 0 Å². The molecule has 0 aromatic heterocycles. The molecule has 0 saturated carbocycles. The number of amides is 1. The number of carbonyl (C=O) groups is 2. The number of esters is 1. The number of methoxy groups -OCH3 is 1. The fourth-order valence-corrected chi connectivity index (χ4v) is 0.668. The van der Waals surface area contributed by atoms with Crippen molar-refractivity contribution in [3.63, 3.8) is 0 Å². The van der Waals surface area contributed by atoms with Crippen molar-refractivity contribution in [3.05, 3.63) is 0 Å². The molecule has 14 heavy (non-hydrogen) atoms. The van der Waals surface area contributed by atoms with Gasteiger partial charge in [-0.1, -0.05) is 13.8 Å². The van der Waals surface area contributed by atoms with E-state index in [4.69, 9.17) is 4.74 Å². The molecule has 0 radical (unpaired) electrons. The lowest BCUT2D eigenvalue weighted by Gasteiger charge is -2.13. The molecular weight excluding hydrogens is 186 g/mol. The van der Waals surface area contributed by atoms with Crippen molar-refractivity contribution in [1.29, 1.82) is 0 Å². The fraction of sp³-hybridized carbons (Fsp3) is 0.778. The second-order valence-electron chi connectivity index (χ2n) is 3.38. The molecular formula is C9H17NO4. The first-order chi connectivity index (χ1) is 6.47. The Morgan fingerprint density at radius 3 is 2.29 bits per heavy atom. The molecule has 0 aliphatic rings. The average Bonchev–Trinajstić information content (AvgIpc) is 2.13. The van der Waals surface area contributed by atoms with Gasteiger partial charge in [0.1, 0.15) is 6.04 Å². The normalized spacial score (nSPS) is 12.1. The molecule has 0 bridgehead atoms. The molecule has 0 saturated heterocycles. The predicted octanol–water partition coefficient (Wildman–Crippen LogP) is 0.930. The summed E-state index contributed by atoms with van der Waals surface area (Å²) in [6.45, 7) is 5.77. The van der Waals surface area contributed by atoms with Gasteiger partial charge in [-0.25, -0.2) is 9.59 Å². The van der Waals surface area contributed by atoms with Crippen molar-refractivity contribution in [1.82, 2.24) is 5.32 Å². The van der Waals surface area contributed by atoms with Gasteiger partial charge < -0.3 is 14.8 Å². The van der Waals surface area contributed by atoms with Gasteiger partial charge in [-0.05, 0) is 12.8 Å². The Hall–Kier alpha value is -1.26. The number of alkyl carbamates (subject to hydrolysis) is 1. The zero-order valence-electron chi connectivity index (χ0n) is 8.99. The molecule has 0 unspecified atom stereocenters. The summed E-state index contributed by atoms with van der Waals surface area (Å²) >= 11 is 0. The summed E-state index contributed by atoms with van der Waals surface area (Å²) in [6, 6.07) is -0.679. The Morgan fingerprint density at radius 1 is 1.29 bits per heavy atom. The minimum Gasteiger partial charge on any atom is -0.464 e. The van der Waals surface area contributed by atoms with Gasteiger partial charge in [0.25, 0.3) is 0 Å². The van der Waals surface area contributed by atoms with Crippen LogP contribution in [0.5, 0.6) is 0 Å². The lowest BCUT2D eigenvalue weighted by molar-refractivity contribution is -0.146. The van der Waals surface area contributed by atoms with E-state index in [1.165, 1.54) is 7.11 Å². The van der Waals surface area contributed by atoms with Crippen LogP contribution in [0.15, 0.2) is 0 Å². The van der Waals surface area contributed by atoms with E-state index in [-0.39, 0.29) is 5.92 Å². The highest BCUT2D eigenvalue weighted by Crippen LogP contribution is 1.95. The third-order valence-electron chi connectivity index (χ3n) is 1.43. The third kappa shape index (κ3) is 5.40. The van der Waals surface area contributed by atoms with Crippen molar-refractivity contribution in [3.8, 4) is 0 Å². The zero-order chi connectivity index (χ0) is 11.1. The maximum absolute atomic E-state index is 11.2. The Morgan fingerprint density at radius 2 is 1.86 bits per heavy atom. The van der Waals surface area contributed by atoms with Crippen LogP contribution in [0.2, 0.25) is 0 Å². The highest BCUT2D eigenvalue weighted by atomic mass is 16.5. The molecule has 1 atom stereocenters. The summed E-state index contributed by atoms with van der Waals surface area (Å²) in [5, 5.41) is 2.32. The predicted molar refractivity (Wildman–Crippen MR) is 50.8 cm³/mol. The van der Waals surface area contributed by atoms with Crippen LogP contribution >= 0.6 is 0 Å². The van der Waals surface area contributed by atoms with Gasteiger partial charge in [-0.3, -0.25) is 0 Å². The molecule has 0 heterocycles. The monoisotopic (exact) mass is 203 g/mol. The molecule has 5 heteroatoms. The first kappa shape index (κ1) is 12.7. The third-order valence-corrected chi connectivity index (χ3v) is 1.43. The molecule has 1 amide bonds. The number of ether oxygens (including phenoxy) is 2. The lowest BCUT2D eigenvalue weighted by atomic mass is 10.2. The van der Waals surface area contributed by atoms with Crippen molar-refractivity contribution >= 4 is 12.1 Å². The van der Waals surface area contributed by atoms with Crippen molar-refractivity contribution in [2.75, 3.05) is 13.7 Å². The van der Waals surface area contributed by atoms with E-state index >= 15 is 0 Å². The Balaban J connectivity index is 3.82. The topological polar surface area (TPSA) is 64.6 Å². The molecule has 82 valence electrons. The van der Waals surface area contributed by atoms with Gasteiger partial charge >= 0.3 is 12.1 Å². The number of rotatable bonds is 4. The van der Waals surface area contributed by atoms with Crippen LogP contribution in [0.4, 0.5) is 4.79 Å². The van der Waals surface area contributed by atoms with E-state index in [0.717, 1.165) is 0 Å². The molecule has 0 rings (SSSR count). The smallest absolute Gasteiger partial charge is 0.407 e. The minimum atomic E-state index is -0.679. The van der Waals surface area contributed by atoms with E-state index < -0.39 is 18.1 Å². The highest BCUT2D eigenvalue weighted by Gasteiger charge is 2.17. The van der Waals surface area contributed by atoms with E-state index in [2.05, 4.69) is 10.1 Å². The number of hydrogen-bond donors (Lipinski definition) is 1. The van der Waals surface area contributed by atoms with Crippen molar-refractivity contribution in [2.24, 2.45) is 5.92 Å². The van der Waals surface area contributed by atoms with E-state index in [1.807, 2.05) is 13.8 Å². The lowest BCUT2D eigenvalue weighted by Crippen LogP contribution is -2.39. The molecule has 0 spiro atoms. The first-order valence-corrected chi connectivity index (χ1v) is 4.48. The van der Waals surface area contributed by atoms with Crippen molar-refractivity contribution < 1.29 is 19.1 Å². The van der Waals surface area contributed by atoms with Gasteiger partial charge in [0.2, 0.25) is 0 Å². The summed E-state index contributed by atoms with van der Waals surface area (Å²) in [7, 11) is 1.24. The Kier molecular flexibility index (Phi) is 5.67. The van der Waals surface area contributed by atoms with Gasteiger partial charge in [0, 0.05) is 0 Å². The maximum Gasteiger partial charge on any atom is 0.407 e. The SMILES string of the molecule is COC(=O)N[C@@H](C)C(=O)OCC(C)C. The van der Waals surface area contributed by atoms with Gasteiger partial charge in [0.15, 0.2) is 0 Å². The molecule has 0 aromatic rings. The summed E-state index contributed by atoms with van der Waals surface area (Å²) < 4.78 is 9.24. The summed E-state index contributed by atoms with van der Waals surface area (Å²) in [5.41, 5.74) is 0. The number of carbonyl (C=O) groups excluding carboxylic acids is 2. The summed E-state index contributed by atoms with van der Waals surface area (Å²) in [5.74, 6) is -0.173. The van der Waals surface area contributed by atoms with Crippen LogP contribution in [0.25, 0.3) is 0 Å². The second kappa shape index (κ2) is 6.23. The fourth-order valence-electron chi connectivity index (χ4n) is 0.668. The van der Waals surface area contributed by atoms with E-state index in [1.54, 1.807) is 6.92 Å². The largest absolute Gasteiger partial charge is 0.464 e. The van der Waals surface area contributed by atoms with Gasteiger partial charge in [-0.2, -0.15) is 0 Å². The van der Waals surface area contributed by atoms with Crippen LogP contribution in [0, 0.1) is 5.92 Å². The second-order valence-corrected chi connectivity index (χ2v) is 3.38. The van der Waals surface area contributed by atoms with Crippen LogP contribution in [-0.2, 0) is 14.3 Å². The quantitative estimate of drug-likeness (QED) is 0.690.